The van der Waals surface area contributed by atoms with Crippen LogP contribution in [0.5, 0.6) is 0 Å². The smallest absolute Gasteiger partial charge is 0.205 e. The van der Waals surface area contributed by atoms with E-state index < -0.39 is 17.8 Å². The molecule has 0 fully saturated rings. The lowest BCUT2D eigenvalue weighted by molar-refractivity contribution is -0.125. The van der Waals surface area contributed by atoms with Crippen molar-refractivity contribution in [1.82, 2.24) is 0 Å². The first-order chi connectivity index (χ1) is 10.1. The molecule has 0 saturated carbocycles. The van der Waals surface area contributed by atoms with Gasteiger partial charge in [-0.25, -0.2) is 9.38 Å². The fourth-order valence-corrected chi connectivity index (χ4v) is 2.56. The molecule has 1 unspecified atom stereocenters. The Balaban J connectivity index is 2.27. The molecule has 1 N–H and O–H groups in total. The van der Waals surface area contributed by atoms with Crippen LogP contribution in [0.3, 0.4) is 0 Å². The number of carbonyl (C=O) groups excluding carboxylic acids is 1. The zero-order chi connectivity index (χ0) is 15.0. The lowest BCUT2D eigenvalue weighted by Crippen LogP contribution is -2.19. The molecule has 0 aromatic heterocycles. The van der Waals surface area contributed by atoms with E-state index in [0.717, 1.165) is 0 Å². The Kier molecular flexibility index (Phi) is 3.57. The summed E-state index contributed by atoms with van der Waals surface area (Å²) in [7, 11) is 0. The van der Waals surface area contributed by atoms with E-state index in [1.54, 1.807) is 24.3 Å². The fraction of sp³-hybridized carbons (Fsp3) is 0.125. The Morgan fingerprint density at radius 1 is 1.19 bits per heavy atom. The maximum atomic E-state index is 13.6. The molecule has 1 heterocycles. The molecule has 2 aromatic rings. The summed E-state index contributed by atoms with van der Waals surface area (Å²) in [4.78, 5) is 15.9. The van der Waals surface area contributed by atoms with Crippen LogP contribution in [0.4, 0.5) is 4.39 Å². The molecule has 3 nitrogen and oxygen atoms in total. The molecule has 5 heteroatoms. The van der Waals surface area contributed by atoms with Crippen molar-refractivity contribution in [3.05, 3.63) is 70.0 Å². The highest BCUT2D eigenvalue weighted by molar-refractivity contribution is 6.35. The first-order valence-electron chi connectivity index (χ1n) is 6.38. The number of fused-ring (bicyclic) bond motifs is 1. The van der Waals surface area contributed by atoms with Gasteiger partial charge in [0.2, 0.25) is 6.23 Å². The van der Waals surface area contributed by atoms with Gasteiger partial charge in [0.25, 0.3) is 0 Å². The van der Waals surface area contributed by atoms with Crippen LogP contribution in [-0.4, -0.2) is 22.8 Å². The van der Waals surface area contributed by atoms with Crippen LogP contribution in [0.15, 0.2) is 47.5 Å². The van der Waals surface area contributed by atoms with Gasteiger partial charge in [-0.3, -0.25) is 4.79 Å². The zero-order valence-corrected chi connectivity index (χ0v) is 11.6. The van der Waals surface area contributed by atoms with Crippen molar-refractivity contribution < 1.29 is 14.3 Å². The van der Waals surface area contributed by atoms with Gasteiger partial charge in [-0.05, 0) is 23.8 Å². The first kappa shape index (κ1) is 13.9. The van der Waals surface area contributed by atoms with E-state index in [1.165, 1.54) is 18.2 Å². The molecule has 1 aliphatic heterocycles. The van der Waals surface area contributed by atoms with Gasteiger partial charge in [-0.2, -0.15) is 0 Å². The maximum Gasteiger partial charge on any atom is 0.205 e. The van der Waals surface area contributed by atoms with Crippen molar-refractivity contribution in [3.63, 3.8) is 0 Å². The molecule has 0 saturated heterocycles. The predicted molar refractivity (Wildman–Crippen MR) is 78.2 cm³/mol. The number of Topliss-reactive ketones (excluding diaryl/α,β-unsaturated/α-hetero) is 1. The monoisotopic (exact) mass is 303 g/mol. The number of hydrogen-bond acceptors (Lipinski definition) is 3. The van der Waals surface area contributed by atoms with Crippen LogP contribution in [0.1, 0.15) is 16.7 Å². The first-order valence-corrected chi connectivity index (χ1v) is 6.76. The van der Waals surface area contributed by atoms with Crippen LogP contribution < -0.4 is 0 Å². The number of ketones is 1. The molecule has 1 atom stereocenters. The molecular formula is C16H11ClFNO2. The van der Waals surface area contributed by atoms with Gasteiger partial charge in [-0.1, -0.05) is 35.9 Å². The second-order valence-electron chi connectivity index (χ2n) is 4.78. The number of aliphatic hydroxyl groups is 1. The van der Waals surface area contributed by atoms with Crippen LogP contribution in [-0.2, 0) is 11.2 Å². The molecule has 0 aliphatic carbocycles. The van der Waals surface area contributed by atoms with Gasteiger partial charge < -0.3 is 5.11 Å². The number of halogens is 2. The SMILES string of the molecule is O=C1Cc2ccc(F)cc2C(c2ccccc2Cl)=NC1O. The second kappa shape index (κ2) is 5.39. The number of hydrogen-bond donors (Lipinski definition) is 1. The molecule has 106 valence electrons. The lowest BCUT2D eigenvalue weighted by Gasteiger charge is -2.11. The Morgan fingerprint density at radius 2 is 1.95 bits per heavy atom. The fourth-order valence-electron chi connectivity index (χ4n) is 2.33. The lowest BCUT2D eigenvalue weighted by atomic mass is 9.95. The summed E-state index contributed by atoms with van der Waals surface area (Å²) in [5.41, 5.74) is 1.98. The van der Waals surface area contributed by atoms with Crippen LogP contribution in [0, 0.1) is 5.82 Å². The minimum atomic E-state index is -1.47. The van der Waals surface area contributed by atoms with Gasteiger partial charge >= 0.3 is 0 Å². The number of aliphatic hydroxyl groups excluding tert-OH is 1. The van der Waals surface area contributed by atoms with Crippen molar-refractivity contribution in [1.29, 1.82) is 0 Å². The van der Waals surface area contributed by atoms with E-state index in [-0.39, 0.29) is 6.42 Å². The largest absolute Gasteiger partial charge is 0.366 e. The second-order valence-corrected chi connectivity index (χ2v) is 5.18. The minimum absolute atomic E-state index is 0.00817. The Bertz CT molecular complexity index is 758. The third-order valence-corrected chi connectivity index (χ3v) is 3.69. The van der Waals surface area contributed by atoms with Gasteiger partial charge in [0.15, 0.2) is 5.78 Å². The third-order valence-electron chi connectivity index (χ3n) is 3.36. The summed E-state index contributed by atoms with van der Waals surface area (Å²) in [6, 6.07) is 11.1. The van der Waals surface area contributed by atoms with Gasteiger partial charge in [0.05, 0.1) is 5.71 Å². The summed E-state index contributed by atoms with van der Waals surface area (Å²) in [5, 5.41) is 10.3. The van der Waals surface area contributed by atoms with Crippen molar-refractivity contribution in [2.75, 3.05) is 0 Å². The van der Waals surface area contributed by atoms with Crippen LogP contribution in [0.25, 0.3) is 0 Å². The average Bonchev–Trinajstić information content (AvgIpc) is 2.58. The minimum Gasteiger partial charge on any atom is -0.366 e. The van der Waals surface area contributed by atoms with E-state index in [9.17, 15) is 14.3 Å². The van der Waals surface area contributed by atoms with E-state index >= 15 is 0 Å². The van der Waals surface area contributed by atoms with Crippen molar-refractivity contribution >= 4 is 23.1 Å². The third kappa shape index (κ3) is 2.60. The maximum absolute atomic E-state index is 13.6. The molecule has 0 spiro atoms. The van der Waals surface area contributed by atoms with Crippen LogP contribution in [0.2, 0.25) is 5.02 Å². The number of nitrogens with zero attached hydrogens (tertiary/aromatic N) is 1. The number of benzene rings is 2. The summed E-state index contributed by atoms with van der Waals surface area (Å²) in [6.07, 6.45) is -1.46. The van der Waals surface area contributed by atoms with E-state index in [2.05, 4.69) is 4.99 Å². The highest BCUT2D eigenvalue weighted by Crippen LogP contribution is 2.26. The highest BCUT2D eigenvalue weighted by atomic mass is 35.5. The van der Waals surface area contributed by atoms with Crippen molar-refractivity contribution in [2.24, 2.45) is 4.99 Å². The van der Waals surface area contributed by atoms with E-state index in [0.29, 0.717) is 27.4 Å². The molecule has 0 bridgehead atoms. The molecular weight excluding hydrogens is 293 g/mol. The Labute approximate surface area is 125 Å². The summed E-state index contributed by atoms with van der Waals surface area (Å²) in [6.45, 7) is 0. The Morgan fingerprint density at radius 3 is 2.71 bits per heavy atom. The molecule has 3 rings (SSSR count). The molecule has 21 heavy (non-hydrogen) atoms. The summed E-state index contributed by atoms with van der Waals surface area (Å²) in [5.74, 6) is -0.859. The molecule has 0 radical (unpaired) electrons. The van der Waals surface area contributed by atoms with Gasteiger partial charge in [0.1, 0.15) is 5.82 Å². The summed E-state index contributed by atoms with van der Waals surface area (Å²) < 4.78 is 13.6. The van der Waals surface area contributed by atoms with Crippen molar-refractivity contribution in [3.8, 4) is 0 Å². The van der Waals surface area contributed by atoms with Crippen molar-refractivity contribution in [2.45, 2.75) is 12.6 Å². The number of carbonyl (C=O) groups is 1. The normalized spacial score (nSPS) is 18.0. The van der Waals surface area contributed by atoms with Gasteiger partial charge in [-0.15, -0.1) is 0 Å². The van der Waals surface area contributed by atoms with E-state index in [4.69, 9.17) is 11.6 Å². The quantitative estimate of drug-likeness (QED) is 0.880. The number of rotatable bonds is 1. The highest BCUT2D eigenvalue weighted by Gasteiger charge is 2.25. The molecule has 2 aromatic carbocycles. The summed E-state index contributed by atoms with van der Waals surface area (Å²) >= 11 is 6.16. The average molecular weight is 304 g/mol. The van der Waals surface area contributed by atoms with Crippen LogP contribution >= 0.6 is 11.6 Å². The number of aliphatic imine (C=N–C) groups is 1. The molecule has 1 aliphatic rings. The zero-order valence-electron chi connectivity index (χ0n) is 10.9. The van der Waals surface area contributed by atoms with E-state index in [1.807, 2.05) is 0 Å². The predicted octanol–water partition coefficient (Wildman–Crippen LogP) is 2.76. The van der Waals surface area contributed by atoms with Gasteiger partial charge in [0, 0.05) is 22.6 Å². The Hall–Kier alpha value is -2.04. The topological polar surface area (TPSA) is 49.7 Å². The standard InChI is InChI=1S/C16H11ClFNO2/c17-13-4-2-1-3-11(13)15-12-8-10(18)6-5-9(12)7-14(20)16(21)19-15/h1-6,8,16,21H,7H2. The molecule has 0 amide bonds.